The molecule has 1 aromatic carbocycles. The lowest BCUT2D eigenvalue weighted by atomic mass is 9.89. The number of rotatable bonds is 2. The molecule has 0 radical (unpaired) electrons. The van der Waals surface area contributed by atoms with Crippen LogP contribution >= 0.6 is 0 Å². The minimum absolute atomic E-state index is 0.000194. The van der Waals surface area contributed by atoms with E-state index in [-0.39, 0.29) is 11.3 Å². The number of piperidine rings is 1. The second-order valence-corrected chi connectivity index (χ2v) is 5.78. The predicted molar refractivity (Wildman–Crippen MR) is 75.0 cm³/mol. The fourth-order valence-corrected chi connectivity index (χ4v) is 3.40. The van der Waals surface area contributed by atoms with E-state index in [1.54, 1.807) is 11.0 Å². The second-order valence-electron chi connectivity index (χ2n) is 5.78. The van der Waals surface area contributed by atoms with Crippen LogP contribution in [-0.4, -0.2) is 25.8 Å². The summed E-state index contributed by atoms with van der Waals surface area (Å²) in [5.41, 5.74) is 0.0165. The van der Waals surface area contributed by atoms with Crippen molar-refractivity contribution >= 4 is 5.69 Å². The van der Waals surface area contributed by atoms with Gasteiger partial charge in [-0.2, -0.15) is 5.26 Å². The first kappa shape index (κ1) is 14.3. The predicted octanol–water partition coefficient (Wildman–Crippen LogP) is 3.23. The number of nitrogens with zero attached hydrogens (tertiary/aromatic N) is 2. The van der Waals surface area contributed by atoms with Crippen LogP contribution in [0.4, 0.5) is 14.5 Å². The van der Waals surface area contributed by atoms with Crippen molar-refractivity contribution in [2.75, 3.05) is 24.6 Å². The average Bonchev–Trinajstić information content (AvgIpc) is 3.01. The van der Waals surface area contributed by atoms with Gasteiger partial charge in [-0.25, -0.2) is 8.78 Å². The maximum atomic E-state index is 14.0. The van der Waals surface area contributed by atoms with Gasteiger partial charge in [0.15, 0.2) is 11.6 Å². The summed E-state index contributed by atoms with van der Waals surface area (Å²) in [6.45, 7) is 2.10. The van der Waals surface area contributed by atoms with Crippen molar-refractivity contribution in [3.8, 4) is 6.07 Å². The lowest BCUT2D eigenvalue weighted by molar-refractivity contribution is 0.0531. The number of anilines is 1. The van der Waals surface area contributed by atoms with Crippen LogP contribution in [0.1, 0.15) is 31.2 Å². The highest BCUT2D eigenvalue weighted by molar-refractivity contribution is 5.52. The molecule has 2 aliphatic rings. The fourth-order valence-electron chi connectivity index (χ4n) is 3.40. The SMILES string of the molecule is N#Cc1cc(F)c(N2CCC(C3CCCO3)CC2)c(F)c1. The standard InChI is InChI=1S/C16H18F2N2O/c17-13-8-11(10-19)9-14(18)16(13)20-5-3-12(4-6-20)15-2-1-7-21-15/h8-9,12,15H,1-7H2. The molecule has 3 nitrogen and oxygen atoms in total. The Morgan fingerprint density at radius 3 is 2.33 bits per heavy atom. The van der Waals surface area contributed by atoms with Crippen LogP contribution < -0.4 is 4.90 Å². The van der Waals surface area contributed by atoms with E-state index in [0.717, 1.165) is 44.4 Å². The van der Waals surface area contributed by atoms with Crippen molar-refractivity contribution < 1.29 is 13.5 Å². The van der Waals surface area contributed by atoms with Gasteiger partial charge in [0.1, 0.15) is 5.69 Å². The smallest absolute Gasteiger partial charge is 0.150 e. The first-order valence-corrected chi connectivity index (χ1v) is 7.44. The van der Waals surface area contributed by atoms with E-state index in [1.165, 1.54) is 0 Å². The van der Waals surface area contributed by atoms with Crippen molar-refractivity contribution in [3.05, 3.63) is 29.3 Å². The summed E-state index contributed by atoms with van der Waals surface area (Å²) in [5, 5.41) is 8.73. The Morgan fingerprint density at radius 1 is 1.14 bits per heavy atom. The topological polar surface area (TPSA) is 36.3 Å². The molecule has 0 N–H and O–H groups in total. The van der Waals surface area contributed by atoms with Crippen molar-refractivity contribution in [1.29, 1.82) is 5.26 Å². The second kappa shape index (κ2) is 5.98. The molecule has 0 amide bonds. The average molecular weight is 292 g/mol. The molecule has 0 spiro atoms. The van der Waals surface area contributed by atoms with Crippen LogP contribution in [0, 0.1) is 28.9 Å². The van der Waals surface area contributed by atoms with E-state index in [1.807, 2.05) is 0 Å². The third-order valence-corrected chi connectivity index (χ3v) is 4.49. The van der Waals surface area contributed by atoms with Gasteiger partial charge in [-0.1, -0.05) is 0 Å². The highest BCUT2D eigenvalue weighted by atomic mass is 19.1. The minimum atomic E-state index is -0.651. The summed E-state index contributed by atoms with van der Waals surface area (Å²) < 4.78 is 33.8. The van der Waals surface area contributed by atoms with E-state index in [9.17, 15) is 8.78 Å². The third-order valence-electron chi connectivity index (χ3n) is 4.49. The molecular weight excluding hydrogens is 274 g/mol. The Bertz CT molecular complexity index is 533. The van der Waals surface area contributed by atoms with Crippen LogP contribution in [0.2, 0.25) is 0 Å². The normalized spacial score (nSPS) is 23.3. The molecule has 0 aliphatic carbocycles. The van der Waals surface area contributed by atoms with E-state index in [2.05, 4.69) is 0 Å². The first-order valence-electron chi connectivity index (χ1n) is 7.44. The van der Waals surface area contributed by atoms with Crippen molar-refractivity contribution in [3.63, 3.8) is 0 Å². The molecule has 0 saturated carbocycles. The van der Waals surface area contributed by atoms with Gasteiger partial charge in [0.25, 0.3) is 0 Å². The maximum absolute atomic E-state index is 14.0. The van der Waals surface area contributed by atoms with E-state index < -0.39 is 11.6 Å². The number of nitriles is 1. The fraction of sp³-hybridized carbons (Fsp3) is 0.562. The number of hydrogen-bond donors (Lipinski definition) is 0. The number of benzene rings is 1. The van der Waals surface area contributed by atoms with Gasteiger partial charge in [0.2, 0.25) is 0 Å². The van der Waals surface area contributed by atoms with Gasteiger partial charge in [-0.15, -0.1) is 0 Å². The van der Waals surface area contributed by atoms with Gasteiger partial charge in [0, 0.05) is 19.7 Å². The molecule has 112 valence electrons. The maximum Gasteiger partial charge on any atom is 0.150 e. The van der Waals surface area contributed by atoms with Crippen LogP contribution in [0.15, 0.2) is 12.1 Å². The van der Waals surface area contributed by atoms with Crippen molar-refractivity contribution in [2.45, 2.75) is 31.8 Å². The van der Waals surface area contributed by atoms with E-state index in [4.69, 9.17) is 10.00 Å². The van der Waals surface area contributed by atoms with Gasteiger partial charge in [-0.05, 0) is 43.7 Å². The number of hydrogen-bond acceptors (Lipinski definition) is 3. The number of halogens is 2. The molecule has 21 heavy (non-hydrogen) atoms. The van der Waals surface area contributed by atoms with E-state index in [0.29, 0.717) is 25.1 Å². The lowest BCUT2D eigenvalue weighted by Crippen LogP contribution is -2.38. The zero-order chi connectivity index (χ0) is 14.8. The van der Waals surface area contributed by atoms with Crippen molar-refractivity contribution in [2.24, 2.45) is 5.92 Å². The summed E-state index contributed by atoms with van der Waals surface area (Å²) >= 11 is 0. The molecule has 2 aliphatic heterocycles. The van der Waals surface area contributed by atoms with Crippen molar-refractivity contribution in [1.82, 2.24) is 0 Å². The summed E-state index contributed by atoms with van der Waals surface area (Å²) in [6.07, 6.45) is 4.32. The van der Waals surface area contributed by atoms with Gasteiger partial charge in [0.05, 0.1) is 17.7 Å². The summed E-state index contributed by atoms with van der Waals surface area (Å²) in [7, 11) is 0. The third kappa shape index (κ3) is 2.86. The van der Waals surface area contributed by atoms with Crippen LogP contribution in [-0.2, 0) is 4.74 Å². The van der Waals surface area contributed by atoms with Gasteiger partial charge >= 0.3 is 0 Å². The Kier molecular flexibility index (Phi) is 4.07. The zero-order valence-electron chi connectivity index (χ0n) is 11.8. The van der Waals surface area contributed by atoms with Gasteiger partial charge in [-0.3, -0.25) is 0 Å². The summed E-state index contributed by atoms with van der Waals surface area (Å²) in [6, 6.07) is 3.97. The molecule has 5 heteroatoms. The Labute approximate surface area is 123 Å². The Morgan fingerprint density at radius 2 is 1.81 bits per heavy atom. The molecule has 2 heterocycles. The largest absolute Gasteiger partial charge is 0.378 e. The zero-order valence-corrected chi connectivity index (χ0v) is 11.8. The molecule has 1 atom stereocenters. The van der Waals surface area contributed by atoms with Gasteiger partial charge < -0.3 is 9.64 Å². The minimum Gasteiger partial charge on any atom is -0.378 e. The monoisotopic (exact) mass is 292 g/mol. The molecule has 3 rings (SSSR count). The summed E-state index contributed by atoms with van der Waals surface area (Å²) in [5.74, 6) is -0.808. The summed E-state index contributed by atoms with van der Waals surface area (Å²) in [4.78, 5) is 1.75. The van der Waals surface area contributed by atoms with Crippen LogP contribution in [0.3, 0.4) is 0 Å². The molecule has 1 unspecified atom stereocenters. The van der Waals surface area contributed by atoms with E-state index >= 15 is 0 Å². The van der Waals surface area contributed by atoms with Crippen LogP contribution in [0.25, 0.3) is 0 Å². The molecule has 2 fully saturated rings. The van der Waals surface area contributed by atoms with Crippen LogP contribution in [0.5, 0.6) is 0 Å². The molecule has 0 aromatic heterocycles. The number of ether oxygens (including phenoxy) is 1. The lowest BCUT2D eigenvalue weighted by Gasteiger charge is -2.36. The molecular formula is C16H18F2N2O. The quantitative estimate of drug-likeness (QED) is 0.839. The molecule has 0 bridgehead atoms. The Balaban J connectivity index is 1.71. The highest BCUT2D eigenvalue weighted by Crippen LogP contribution is 2.33. The Hall–Kier alpha value is -1.67. The molecule has 2 saturated heterocycles. The highest BCUT2D eigenvalue weighted by Gasteiger charge is 2.31. The molecule has 1 aromatic rings. The first-order chi connectivity index (χ1) is 10.2.